The van der Waals surface area contributed by atoms with Crippen LogP contribution in [0.15, 0.2) is 12.1 Å². The van der Waals surface area contributed by atoms with Gasteiger partial charge in [0.05, 0.1) is 11.1 Å². The molecule has 2 aromatic rings. The fourth-order valence-electron chi connectivity index (χ4n) is 1.48. The van der Waals surface area contributed by atoms with Gasteiger partial charge in [-0.2, -0.15) is 5.26 Å². The van der Waals surface area contributed by atoms with E-state index < -0.39 is 11.6 Å². The maximum atomic E-state index is 13.2. The average molecular weight is 192 g/mol. The molecule has 0 bridgehead atoms. The molecule has 0 fully saturated rings. The lowest BCUT2D eigenvalue weighted by atomic mass is 10.1. The van der Waals surface area contributed by atoms with E-state index in [-0.39, 0.29) is 5.52 Å². The monoisotopic (exact) mass is 192 g/mol. The number of rotatable bonds is 0. The van der Waals surface area contributed by atoms with E-state index in [0.29, 0.717) is 16.6 Å². The van der Waals surface area contributed by atoms with Crippen LogP contribution in [0.5, 0.6) is 0 Å². The maximum absolute atomic E-state index is 13.2. The third kappa shape index (κ3) is 0.990. The maximum Gasteiger partial charge on any atom is 0.182 e. The highest BCUT2D eigenvalue weighted by molar-refractivity contribution is 5.87. The summed E-state index contributed by atoms with van der Waals surface area (Å²) in [6, 6.07) is 4.36. The first-order valence-corrected chi connectivity index (χ1v) is 4.01. The van der Waals surface area contributed by atoms with Crippen molar-refractivity contribution >= 4 is 10.9 Å². The lowest BCUT2D eigenvalue weighted by Crippen LogP contribution is -1.84. The zero-order chi connectivity index (χ0) is 10.3. The zero-order valence-electron chi connectivity index (χ0n) is 7.36. The lowest BCUT2D eigenvalue weighted by molar-refractivity contribution is 0.515. The highest BCUT2D eigenvalue weighted by Crippen LogP contribution is 2.24. The normalized spacial score (nSPS) is 10.4. The topological polar surface area (TPSA) is 39.6 Å². The summed E-state index contributed by atoms with van der Waals surface area (Å²) in [5, 5.41) is 9.20. The van der Waals surface area contributed by atoms with E-state index in [9.17, 15) is 8.78 Å². The number of aryl methyl sites for hydroxylation is 1. The van der Waals surface area contributed by atoms with Crippen LogP contribution < -0.4 is 0 Å². The Kier molecular flexibility index (Phi) is 1.74. The summed E-state index contributed by atoms with van der Waals surface area (Å²) in [6.07, 6.45) is 0. The van der Waals surface area contributed by atoms with Crippen LogP contribution >= 0.6 is 0 Å². The fourth-order valence-corrected chi connectivity index (χ4v) is 1.48. The van der Waals surface area contributed by atoms with Gasteiger partial charge in [0.1, 0.15) is 6.07 Å². The summed E-state index contributed by atoms with van der Waals surface area (Å²) in [5.41, 5.74) is 0.963. The molecule has 0 aliphatic heterocycles. The number of hydrogen-bond donors (Lipinski definition) is 1. The van der Waals surface area contributed by atoms with Crippen molar-refractivity contribution in [1.82, 2.24) is 4.98 Å². The van der Waals surface area contributed by atoms with Gasteiger partial charge in [0.15, 0.2) is 11.6 Å². The van der Waals surface area contributed by atoms with Crippen LogP contribution in [0.25, 0.3) is 10.9 Å². The molecule has 0 saturated carbocycles. The summed E-state index contributed by atoms with van der Waals surface area (Å²) in [4.78, 5) is 2.65. The van der Waals surface area contributed by atoms with E-state index in [1.807, 2.05) is 6.07 Å². The van der Waals surface area contributed by atoms with E-state index in [4.69, 9.17) is 5.26 Å². The van der Waals surface area contributed by atoms with Crippen LogP contribution in [0.1, 0.15) is 11.3 Å². The van der Waals surface area contributed by atoms with Crippen LogP contribution in [0.2, 0.25) is 0 Å². The average Bonchev–Trinajstić information content (AvgIpc) is 2.49. The summed E-state index contributed by atoms with van der Waals surface area (Å²) in [7, 11) is 0. The Morgan fingerprint density at radius 1 is 1.36 bits per heavy atom. The Morgan fingerprint density at radius 2 is 2.07 bits per heavy atom. The van der Waals surface area contributed by atoms with Crippen molar-refractivity contribution in [3.8, 4) is 6.07 Å². The number of aromatic amines is 1. The standard InChI is InChI=1S/C10H6F2N2/c1-5-7(4-13)6-2-3-8(11)9(12)10(6)14-5/h2-3,14H,1H3. The predicted octanol–water partition coefficient (Wildman–Crippen LogP) is 2.63. The van der Waals surface area contributed by atoms with Crippen molar-refractivity contribution in [1.29, 1.82) is 5.26 Å². The quantitative estimate of drug-likeness (QED) is 0.684. The largest absolute Gasteiger partial charge is 0.355 e. The van der Waals surface area contributed by atoms with E-state index in [2.05, 4.69) is 4.98 Å². The van der Waals surface area contributed by atoms with Gasteiger partial charge in [-0.1, -0.05) is 0 Å². The molecule has 14 heavy (non-hydrogen) atoms. The molecule has 1 aromatic carbocycles. The molecule has 1 N–H and O–H groups in total. The molecule has 0 saturated heterocycles. The van der Waals surface area contributed by atoms with Gasteiger partial charge in [0, 0.05) is 11.1 Å². The van der Waals surface area contributed by atoms with Gasteiger partial charge in [-0.15, -0.1) is 0 Å². The molecule has 0 spiro atoms. The summed E-state index contributed by atoms with van der Waals surface area (Å²) in [5.74, 6) is -1.85. The molecule has 1 aromatic heterocycles. The van der Waals surface area contributed by atoms with Crippen LogP contribution in [0.4, 0.5) is 8.78 Å². The molecule has 2 nitrogen and oxygen atoms in total. The highest BCUT2D eigenvalue weighted by Gasteiger charge is 2.13. The third-order valence-corrected chi connectivity index (χ3v) is 2.16. The minimum Gasteiger partial charge on any atom is -0.355 e. The van der Waals surface area contributed by atoms with Gasteiger partial charge < -0.3 is 4.98 Å². The van der Waals surface area contributed by atoms with Crippen molar-refractivity contribution in [2.24, 2.45) is 0 Å². The second-order valence-corrected chi connectivity index (χ2v) is 3.02. The highest BCUT2D eigenvalue weighted by atomic mass is 19.2. The van der Waals surface area contributed by atoms with Crippen LogP contribution in [-0.2, 0) is 0 Å². The third-order valence-electron chi connectivity index (χ3n) is 2.16. The van der Waals surface area contributed by atoms with Gasteiger partial charge in [-0.3, -0.25) is 0 Å². The zero-order valence-corrected chi connectivity index (χ0v) is 7.36. The van der Waals surface area contributed by atoms with Gasteiger partial charge in [-0.25, -0.2) is 8.78 Å². The number of fused-ring (bicyclic) bond motifs is 1. The molecule has 2 rings (SSSR count). The Balaban J connectivity index is 2.96. The van der Waals surface area contributed by atoms with E-state index in [1.54, 1.807) is 6.92 Å². The van der Waals surface area contributed by atoms with Crippen LogP contribution in [0, 0.1) is 29.9 Å². The van der Waals surface area contributed by atoms with Crippen molar-refractivity contribution < 1.29 is 8.78 Å². The Morgan fingerprint density at radius 3 is 2.71 bits per heavy atom. The Labute approximate surface area is 78.8 Å². The number of nitrogens with zero attached hydrogens (tertiary/aromatic N) is 1. The summed E-state index contributed by atoms with van der Waals surface area (Å²) >= 11 is 0. The van der Waals surface area contributed by atoms with Crippen molar-refractivity contribution in [2.75, 3.05) is 0 Å². The Bertz CT molecular complexity index is 549. The van der Waals surface area contributed by atoms with E-state index in [0.717, 1.165) is 6.07 Å². The number of aromatic nitrogens is 1. The molecule has 0 unspecified atom stereocenters. The first kappa shape index (κ1) is 8.70. The van der Waals surface area contributed by atoms with Crippen LogP contribution in [0.3, 0.4) is 0 Å². The van der Waals surface area contributed by atoms with E-state index >= 15 is 0 Å². The number of halogens is 2. The molecule has 70 valence electrons. The van der Waals surface area contributed by atoms with Gasteiger partial charge in [-0.05, 0) is 19.1 Å². The van der Waals surface area contributed by atoms with Gasteiger partial charge >= 0.3 is 0 Å². The predicted molar refractivity (Wildman–Crippen MR) is 47.7 cm³/mol. The Hall–Kier alpha value is -1.89. The van der Waals surface area contributed by atoms with E-state index in [1.165, 1.54) is 6.07 Å². The minimum absolute atomic E-state index is 0.0547. The number of nitriles is 1. The molecule has 0 aliphatic carbocycles. The van der Waals surface area contributed by atoms with Crippen molar-refractivity contribution in [2.45, 2.75) is 6.92 Å². The minimum atomic E-state index is -0.938. The lowest BCUT2D eigenvalue weighted by Gasteiger charge is -1.93. The number of nitrogens with one attached hydrogen (secondary N) is 1. The van der Waals surface area contributed by atoms with Crippen molar-refractivity contribution in [3.05, 3.63) is 35.0 Å². The molecule has 1 heterocycles. The molecule has 4 heteroatoms. The van der Waals surface area contributed by atoms with Gasteiger partial charge in [0.25, 0.3) is 0 Å². The number of H-pyrrole nitrogens is 1. The fraction of sp³-hybridized carbons (Fsp3) is 0.100. The van der Waals surface area contributed by atoms with Crippen LogP contribution in [-0.4, -0.2) is 4.98 Å². The second kappa shape index (κ2) is 2.81. The molecular formula is C10H6F2N2. The summed E-state index contributed by atoms with van der Waals surface area (Å²) in [6.45, 7) is 1.65. The van der Waals surface area contributed by atoms with Gasteiger partial charge in [0.2, 0.25) is 0 Å². The van der Waals surface area contributed by atoms with Crippen molar-refractivity contribution in [3.63, 3.8) is 0 Å². The first-order chi connectivity index (χ1) is 6.65. The number of benzene rings is 1. The summed E-state index contributed by atoms with van der Waals surface area (Å²) < 4.78 is 26.0. The molecule has 0 amide bonds. The first-order valence-electron chi connectivity index (χ1n) is 4.01. The molecule has 0 aliphatic rings. The second-order valence-electron chi connectivity index (χ2n) is 3.02. The smallest absolute Gasteiger partial charge is 0.182 e. The number of hydrogen-bond acceptors (Lipinski definition) is 1. The molecule has 0 radical (unpaired) electrons. The molecular weight excluding hydrogens is 186 g/mol. The molecule has 0 atom stereocenters. The SMILES string of the molecule is Cc1[nH]c2c(F)c(F)ccc2c1C#N.